The van der Waals surface area contributed by atoms with Crippen molar-refractivity contribution in [1.29, 1.82) is 0 Å². The molecular formula is C15H24N2O. The Morgan fingerprint density at radius 1 is 1.33 bits per heavy atom. The third kappa shape index (κ3) is 3.56. The summed E-state index contributed by atoms with van der Waals surface area (Å²) < 4.78 is 0. The largest absolute Gasteiger partial charge is 0.353 e. The van der Waals surface area contributed by atoms with Gasteiger partial charge in [0.2, 0.25) is 0 Å². The van der Waals surface area contributed by atoms with Crippen LogP contribution in [0.2, 0.25) is 0 Å². The highest BCUT2D eigenvalue weighted by Crippen LogP contribution is 2.22. The Morgan fingerprint density at radius 3 is 2.50 bits per heavy atom. The van der Waals surface area contributed by atoms with E-state index in [1.807, 2.05) is 12.1 Å². The summed E-state index contributed by atoms with van der Waals surface area (Å²) in [5, 5.41) is 0. The Hall–Kier alpha value is -1.38. The topological polar surface area (TPSA) is 33.2 Å². The number of anilines is 1. The Bertz CT molecular complexity index is 373. The van der Waals surface area contributed by atoms with Crippen LogP contribution in [0.15, 0.2) is 18.3 Å². The van der Waals surface area contributed by atoms with Crippen molar-refractivity contribution in [2.75, 3.05) is 11.4 Å². The first kappa shape index (κ1) is 14.7. The predicted octanol–water partition coefficient (Wildman–Crippen LogP) is 3.55. The van der Waals surface area contributed by atoms with Gasteiger partial charge in [0.15, 0.2) is 6.29 Å². The Labute approximate surface area is 110 Å². The number of hydrogen-bond acceptors (Lipinski definition) is 3. The van der Waals surface area contributed by atoms with Crippen molar-refractivity contribution in [2.45, 2.75) is 46.6 Å². The number of pyridine rings is 1. The van der Waals surface area contributed by atoms with Crippen LogP contribution in [0.4, 0.5) is 5.82 Å². The molecule has 3 nitrogen and oxygen atoms in total. The SMILES string of the molecule is CCC(CC)N(CC(C)C)c1ncccc1C=O. The minimum Gasteiger partial charge on any atom is -0.353 e. The van der Waals surface area contributed by atoms with Gasteiger partial charge in [0, 0.05) is 18.8 Å². The van der Waals surface area contributed by atoms with Gasteiger partial charge in [-0.2, -0.15) is 0 Å². The fourth-order valence-electron chi connectivity index (χ4n) is 2.27. The Morgan fingerprint density at radius 2 is 2.00 bits per heavy atom. The zero-order valence-electron chi connectivity index (χ0n) is 11.9. The van der Waals surface area contributed by atoms with Crippen LogP contribution in [0.25, 0.3) is 0 Å². The summed E-state index contributed by atoms with van der Waals surface area (Å²) in [4.78, 5) is 17.9. The molecule has 0 radical (unpaired) electrons. The molecule has 0 aliphatic rings. The van der Waals surface area contributed by atoms with Gasteiger partial charge in [0.1, 0.15) is 5.82 Å². The molecule has 0 spiro atoms. The standard InChI is InChI=1S/C15H24N2O/c1-5-14(6-2)17(10-12(3)4)15-13(11-18)8-7-9-16-15/h7-9,11-12,14H,5-6,10H2,1-4H3. The molecule has 0 amide bonds. The van der Waals surface area contributed by atoms with Crippen molar-refractivity contribution in [1.82, 2.24) is 4.98 Å². The molecule has 3 heteroatoms. The highest BCUT2D eigenvalue weighted by molar-refractivity contribution is 5.82. The first-order valence-corrected chi connectivity index (χ1v) is 6.80. The van der Waals surface area contributed by atoms with Gasteiger partial charge >= 0.3 is 0 Å². The molecule has 1 heterocycles. The number of hydrogen-bond donors (Lipinski definition) is 0. The van der Waals surface area contributed by atoms with E-state index in [0.29, 0.717) is 17.5 Å². The molecular weight excluding hydrogens is 224 g/mol. The summed E-state index contributed by atoms with van der Waals surface area (Å²) in [6, 6.07) is 4.10. The molecule has 100 valence electrons. The average Bonchev–Trinajstić information content (AvgIpc) is 2.38. The van der Waals surface area contributed by atoms with E-state index in [0.717, 1.165) is 31.5 Å². The molecule has 0 saturated heterocycles. The molecule has 0 aromatic carbocycles. The summed E-state index contributed by atoms with van der Waals surface area (Å²) in [5.41, 5.74) is 0.685. The van der Waals surface area contributed by atoms with Crippen molar-refractivity contribution in [2.24, 2.45) is 5.92 Å². The van der Waals surface area contributed by atoms with Crippen LogP contribution in [0.1, 0.15) is 50.9 Å². The molecule has 0 bridgehead atoms. The fourth-order valence-corrected chi connectivity index (χ4v) is 2.27. The molecule has 1 rings (SSSR count). The van der Waals surface area contributed by atoms with Crippen LogP contribution >= 0.6 is 0 Å². The summed E-state index contributed by atoms with van der Waals surface area (Å²) in [6.45, 7) is 9.69. The monoisotopic (exact) mass is 248 g/mol. The van der Waals surface area contributed by atoms with Crippen LogP contribution in [0.5, 0.6) is 0 Å². The molecule has 0 unspecified atom stereocenters. The maximum atomic E-state index is 11.2. The number of rotatable bonds is 7. The second-order valence-corrected chi connectivity index (χ2v) is 5.05. The van der Waals surface area contributed by atoms with E-state index < -0.39 is 0 Å². The Kier molecular flexibility index (Phi) is 5.83. The van der Waals surface area contributed by atoms with Gasteiger partial charge in [-0.1, -0.05) is 27.7 Å². The van der Waals surface area contributed by atoms with Gasteiger partial charge in [-0.3, -0.25) is 4.79 Å². The zero-order valence-corrected chi connectivity index (χ0v) is 11.9. The van der Waals surface area contributed by atoms with Crippen LogP contribution in [0, 0.1) is 5.92 Å². The normalized spacial score (nSPS) is 11.0. The molecule has 0 aliphatic carbocycles. The first-order chi connectivity index (χ1) is 8.63. The van der Waals surface area contributed by atoms with Crippen LogP contribution < -0.4 is 4.90 Å². The molecule has 1 aromatic heterocycles. The lowest BCUT2D eigenvalue weighted by molar-refractivity contribution is 0.112. The molecule has 0 N–H and O–H groups in total. The van der Waals surface area contributed by atoms with E-state index >= 15 is 0 Å². The fraction of sp³-hybridized carbons (Fsp3) is 0.600. The average molecular weight is 248 g/mol. The summed E-state index contributed by atoms with van der Waals surface area (Å²) in [7, 11) is 0. The minimum atomic E-state index is 0.445. The van der Waals surface area contributed by atoms with Crippen LogP contribution in [-0.2, 0) is 0 Å². The number of aldehydes is 1. The van der Waals surface area contributed by atoms with Gasteiger partial charge in [0.05, 0.1) is 5.56 Å². The first-order valence-electron chi connectivity index (χ1n) is 6.80. The highest BCUT2D eigenvalue weighted by atomic mass is 16.1. The molecule has 0 fully saturated rings. The van der Waals surface area contributed by atoms with E-state index in [-0.39, 0.29) is 0 Å². The third-order valence-corrected chi connectivity index (χ3v) is 3.16. The second-order valence-electron chi connectivity index (χ2n) is 5.05. The molecule has 18 heavy (non-hydrogen) atoms. The molecule has 0 atom stereocenters. The Balaban J connectivity index is 3.11. The number of carbonyl (C=O) groups excluding carboxylic acids is 1. The number of carbonyl (C=O) groups is 1. The van der Waals surface area contributed by atoms with Gasteiger partial charge in [0.25, 0.3) is 0 Å². The van der Waals surface area contributed by atoms with Gasteiger partial charge in [-0.15, -0.1) is 0 Å². The van der Waals surface area contributed by atoms with E-state index in [1.165, 1.54) is 0 Å². The molecule has 1 aromatic rings. The summed E-state index contributed by atoms with van der Waals surface area (Å²) in [5.74, 6) is 1.38. The smallest absolute Gasteiger partial charge is 0.153 e. The van der Waals surface area contributed by atoms with Crippen molar-refractivity contribution in [3.8, 4) is 0 Å². The predicted molar refractivity (Wildman–Crippen MR) is 76.2 cm³/mol. The lowest BCUT2D eigenvalue weighted by atomic mass is 10.1. The van der Waals surface area contributed by atoms with E-state index in [2.05, 4.69) is 37.6 Å². The van der Waals surface area contributed by atoms with Gasteiger partial charge < -0.3 is 4.90 Å². The van der Waals surface area contributed by atoms with E-state index in [9.17, 15) is 4.79 Å². The molecule has 0 aliphatic heterocycles. The van der Waals surface area contributed by atoms with Crippen molar-refractivity contribution in [3.63, 3.8) is 0 Å². The van der Waals surface area contributed by atoms with Gasteiger partial charge in [-0.05, 0) is 30.9 Å². The maximum Gasteiger partial charge on any atom is 0.153 e. The van der Waals surface area contributed by atoms with E-state index in [1.54, 1.807) is 6.20 Å². The highest BCUT2D eigenvalue weighted by Gasteiger charge is 2.20. The lowest BCUT2D eigenvalue weighted by Crippen LogP contribution is -2.38. The summed E-state index contributed by atoms with van der Waals surface area (Å²) >= 11 is 0. The van der Waals surface area contributed by atoms with Crippen LogP contribution in [0.3, 0.4) is 0 Å². The minimum absolute atomic E-state index is 0.445. The van der Waals surface area contributed by atoms with Crippen molar-refractivity contribution >= 4 is 12.1 Å². The quantitative estimate of drug-likeness (QED) is 0.692. The lowest BCUT2D eigenvalue weighted by Gasteiger charge is -2.33. The number of nitrogens with zero attached hydrogens (tertiary/aromatic N) is 2. The maximum absolute atomic E-state index is 11.2. The second kappa shape index (κ2) is 7.14. The van der Waals surface area contributed by atoms with Crippen molar-refractivity contribution in [3.05, 3.63) is 23.9 Å². The zero-order chi connectivity index (χ0) is 13.5. The molecule has 0 saturated carbocycles. The third-order valence-electron chi connectivity index (χ3n) is 3.16. The van der Waals surface area contributed by atoms with Crippen LogP contribution in [-0.4, -0.2) is 23.9 Å². The van der Waals surface area contributed by atoms with E-state index in [4.69, 9.17) is 0 Å². The summed E-state index contributed by atoms with van der Waals surface area (Å²) in [6.07, 6.45) is 4.80. The number of aromatic nitrogens is 1. The van der Waals surface area contributed by atoms with Crippen molar-refractivity contribution < 1.29 is 4.79 Å². The van der Waals surface area contributed by atoms with Gasteiger partial charge in [-0.25, -0.2) is 4.98 Å².